The van der Waals surface area contributed by atoms with Gasteiger partial charge in [0.1, 0.15) is 11.5 Å². The zero-order valence-electron chi connectivity index (χ0n) is 14.2. The number of carbonyl (C=O) groups excluding carboxylic acids is 2. The highest BCUT2D eigenvalue weighted by molar-refractivity contribution is 6.07. The number of methoxy groups -OCH3 is 1. The average Bonchev–Trinajstić information content (AvgIpc) is 2.86. The largest absolute Gasteiger partial charge is 0.465 e. The summed E-state index contributed by atoms with van der Waals surface area (Å²) in [5.74, 6) is -1.48. The fourth-order valence-electron chi connectivity index (χ4n) is 2.66. The SMILES string of the molecule is CCCc1c(C(=O)Nc2ccc(C)cc2F)[nH]c(C)c1C(=O)OC. The molecule has 2 rings (SSSR count). The molecule has 2 N–H and O–H groups in total. The van der Waals surface area contributed by atoms with E-state index in [1.54, 1.807) is 19.9 Å². The third-order valence-electron chi connectivity index (χ3n) is 3.78. The first kappa shape index (κ1) is 17.7. The zero-order chi connectivity index (χ0) is 17.9. The molecule has 0 saturated heterocycles. The zero-order valence-corrected chi connectivity index (χ0v) is 14.2. The quantitative estimate of drug-likeness (QED) is 0.819. The van der Waals surface area contributed by atoms with Gasteiger partial charge in [-0.15, -0.1) is 0 Å². The van der Waals surface area contributed by atoms with E-state index in [1.807, 2.05) is 6.92 Å². The lowest BCUT2D eigenvalue weighted by Gasteiger charge is -2.08. The molecule has 0 atom stereocenters. The first-order valence-electron chi connectivity index (χ1n) is 7.76. The lowest BCUT2D eigenvalue weighted by Crippen LogP contribution is -2.16. The number of esters is 1. The number of aromatic nitrogens is 1. The van der Waals surface area contributed by atoms with Gasteiger partial charge in [-0.2, -0.15) is 0 Å². The Labute approximate surface area is 140 Å². The van der Waals surface area contributed by atoms with Crippen molar-refractivity contribution in [3.05, 3.63) is 52.1 Å². The predicted octanol–water partition coefficient (Wildman–Crippen LogP) is 3.76. The Morgan fingerprint density at radius 1 is 1.29 bits per heavy atom. The number of hydrogen-bond donors (Lipinski definition) is 2. The van der Waals surface area contributed by atoms with E-state index in [9.17, 15) is 14.0 Å². The van der Waals surface area contributed by atoms with Crippen molar-refractivity contribution >= 4 is 17.6 Å². The number of ether oxygens (including phenoxy) is 1. The van der Waals surface area contributed by atoms with E-state index in [-0.39, 0.29) is 11.4 Å². The molecule has 0 aliphatic heterocycles. The highest BCUT2D eigenvalue weighted by Gasteiger charge is 2.25. The van der Waals surface area contributed by atoms with Crippen LogP contribution in [0.3, 0.4) is 0 Å². The number of aromatic amines is 1. The minimum Gasteiger partial charge on any atom is -0.465 e. The molecule has 128 valence electrons. The maximum Gasteiger partial charge on any atom is 0.339 e. The molecule has 1 aromatic carbocycles. The summed E-state index contributed by atoms with van der Waals surface area (Å²) in [5.41, 5.74) is 2.64. The molecule has 1 aromatic heterocycles. The van der Waals surface area contributed by atoms with Gasteiger partial charge in [0, 0.05) is 5.69 Å². The molecular formula is C18H21FN2O3. The summed E-state index contributed by atoms with van der Waals surface area (Å²) in [6.45, 7) is 5.42. The van der Waals surface area contributed by atoms with E-state index in [0.717, 1.165) is 12.0 Å². The summed E-state index contributed by atoms with van der Waals surface area (Å²) in [7, 11) is 1.30. The van der Waals surface area contributed by atoms with Crippen LogP contribution in [-0.2, 0) is 11.2 Å². The molecule has 2 aromatic rings. The van der Waals surface area contributed by atoms with Crippen LogP contribution < -0.4 is 5.32 Å². The molecule has 0 spiro atoms. The molecule has 0 fully saturated rings. The average molecular weight is 332 g/mol. The highest BCUT2D eigenvalue weighted by Crippen LogP contribution is 2.23. The first-order valence-corrected chi connectivity index (χ1v) is 7.76. The standard InChI is InChI=1S/C18H21FN2O3/c1-5-6-12-15(18(23)24-4)11(3)20-16(12)17(22)21-14-8-7-10(2)9-13(14)19/h7-9,20H,5-6H2,1-4H3,(H,21,22). The number of aryl methyl sites for hydroxylation is 2. The second kappa shape index (κ2) is 7.29. The normalized spacial score (nSPS) is 10.5. The lowest BCUT2D eigenvalue weighted by molar-refractivity contribution is 0.0599. The number of H-pyrrole nitrogens is 1. The van der Waals surface area contributed by atoms with E-state index in [4.69, 9.17) is 4.74 Å². The summed E-state index contributed by atoms with van der Waals surface area (Å²) in [6, 6.07) is 4.58. The second-order valence-corrected chi connectivity index (χ2v) is 5.66. The molecule has 1 heterocycles. The van der Waals surface area contributed by atoms with Gasteiger partial charge in [0.15, 0.2) is 0 Å². The molecule has 6 heteroatoms. The molecule has 5 nitrogen and oxygen atoms in total. The minimum atomic E-state index is -0.503. The number of benzene rings is 1. The third-order valence-corrected chi connectivity index (χ3v) is 3.78. The molecule has 0 bridgehead atoms. The molecule has 24 heavy (non-hydrogen) atoms. The molecule has 0 radical (unpaired) electrons. The van der Waals surface area contributed by atoms with Crippen molar-refractivity contribution in [2.24, 2.45) is 0 Å². The van der Waals surface area contributed by atoms with E-state index in [2.05, 4.69) is 10.3 Å². The number of carbonyl (C=O) groups is 2. The molecule has 0 aliphatic carbocycles. The van der Waals surface area contributed by atoms with Gasteiger partial charge >= 0.3 is 5.97 Å². The third kappa shape index (κ3) is 3.48. The molecule has 0 saturated carbocycles. The van der Waals surface area contributed by atoms with Gasteiger partial charge in [-0.25, -0.2) is 9.18 Å². The van der Waals surface area contributed by atoms with Gasteiger partial charge in [-0.1, -0.05) is 19.4 Å². The number of anilines is 1. The second-order valence-electron chi connectivity index (χ2n) is 5.66. The Bertz CT molecular complexity index is 781. The van der Waals surface area contributed by atoms with Gasteiger partial charge in [0.2, 0.25) is 0 Å². The monoisotopic (exact) mass is 332 g/mol. The number of rotatable bonds is 5. The van der Waals surface area contributed by atoms with E-state index in [0.29, 0.717) is 23.2 Å². The topological polar surface area (TPSA) is 71.2 Å². The fourth-order valence-corrected chi connectivity index (χ4v) is 2.66. The minimum absolute atomic E-state index is 0.0971. The van der Waals surface area contributed by atoms with Crippen LogP contribution in [0.5, 0.6) is 0 Å². The van der Waals surface area contributed by atoms with Crippen LogP contribution in [0.1, 0.15) is 51.0 Å². The van der Waals surface area contributed by atoms with Crippen molar-refractivity contribution in [1.29, 1.82) is 0 Å². The van der Waals surface area contributed by atoms with Gasteiger partial charge in [-0.3, -0.25) is 4.79 Å². The molecule has 0 aliphatic rings. The number of halogens is 1. The highest BCUT2D eigenvalue weighted by atomic mass is 19.1. The van der Waals surface area contributed by atoms with Crippen molar-refractivity contribution in [3.63, 3.8) is 0 Å². The van der Waals surface area contributed by atoms with Crippen molar-refractivity contribution in [3.8, 4) is 0 Å². The maximum absolute atomic E-state index is 13.9. The van der Waals surface area contributed by atoms with Crippen LogP contribution in [0.25, 0.3) is 0 Å². The van der Waals surface area contributed by atoms with E-state index in [1.165, 1.54) is 19.2 Å². The van der Waals surface area contributed by atoms with Crippen LogP contribution in [-0.4, -0.2) is 24.0 Å². The van der Waals surface area contributed by atoms with Crippen LogP contribution in [0, 0.1) is 19.7 Å². The lowest BCUT2D eigenvalue weighted by atomic mass is 10.0. The van der Waals surface area contributed by atoms with Crippen molar-refractivity contribution in [2.45, 2.75) is 33.6 Å². The van der Waals surface area contributed by atoms with Gasteiger partial charge in [-0.05, 0) is 43.5 Å². The Hall–Kier alpha value is -2.63. The number of nitrogens with one attached hydrogen (secondary N) is 2. The summed E-state index contributed by atoms with van der Waals surface area (Å²) in [4.78, 5) is 27.5. The summed E-state index contributed by atoms with van der Waals surface area (Å²) in [6.07, 6.45) is 1.29. The summed E-state index contributed by atoms with van der Waals surface area (Å²) < 4.78 is 18.7. The van der Waals surface area contributed by atoms with Gasteiger partial charge in [0.05, 0.1) is 18.4 Å². The van der Waals surface area contributed by atoms with Gasteiger partial charge < -0.3 is 15.0 Å². The van der Waals surface area contributed by atoms with Crippen molar-refractivity contribution in [1.82, 2.24) is 4.98 Å². The van der Waals surface area contributed by atoms with Gasteiger partial charge in [0.25, 0.3) is 5.91 Å². The number of hydrogen-bond acceptors (Lipinski definition) is 3. The van der Waals surface area contributed by atoms with Crippen LogP contribution >= 0.6 is 0 Å². The van der Waals surface area contributed by atoms with Crippen LogP contribution in [0.2, 0.25) is 0 Å². The Kier molecular flexibility index (Phi) is 5.39. The summed E-state index contributed by atoms with van der Waals surface area (Å²) >= 11 is 0. The summed E-state index contributed by atoms with van der Waals surface area (Å²) in [5, 5.41) is 2.55. The molecule has 1 amide bonds. The Balaban J connectivity index is 2.40. The van der Waals surface area contributed by atoms with E-state index >= 15 is 0 Å². The van der Waals surface area contributed by atoms with Crippen molar-refractivity contribution in [2.75, 3.05) is 12.4 Å². The van der Waals surface area contributed by atoms with Crippen molar-refractivity contribution < 1.29 is 18.7 Å². The van der Waals surface area contributed by atoms with E-state index < -0.39 is 17.7 Å². The maximum atomic E-state index is 13.9. The van der Waals surface area contributed by atoms with Crippen LogP contribution in [0.4, 0.5) is 10.1 Å². The molecular weight excluding hydrogens is 311 g/mol. The first-order chi connectivity index (χ1) is 11.4. The Morgan fingerprint density at radius 3 is 2.58 bits per heavy atom. The molecule has 0 unspecified atom stereocenters. The fraction of sp³-hybridized carbons (Fsp3) is 0.333. The predicted molar refractivity (Wildman–Crippen MR) is 90.0 cm³/mol. The Morgan fingerprint density at radius 2 is 2.00 bits per heavy atom. The smallest absolute Gasteiger partial charge is 0.339 e. The number of amides is 1. The van der Waals surface area contributed by atoms with Crippen LogP contribution in [0.15, 0.2) is 18.2 Å².